The molecule has 1 aromatic heterocycles. The Bertz CT molecular complexity index is 442. The lowest BCUT2D eigenvalue weighted by atomic mass is 9.97. The van der Waals surface area contributed by atoms with Crippen molar-refractivity contribution in [2.24, 2.45) is 0 Å². The molecule has 1 amide bonds. The van der Waals surface area contributed by atoms with E-state index >= 15 is 0 Å². The Morgan fingerprint density at radius 2 is 2.10 bits per heavy atom. The lowest BCUT2D eigenvalue weighted by Crippen LogP contribution is -2.37. The summed E-state index contributed by atoms with van der Waals surface area (Å²) in [5, 5.41) is 11.8. The molecule has 1 atom stereocenters. The molecule has 0 aromatic carbocycles. The number of aliphatic hydroxyl groups is 1. The van der Waals surface area contributed by atoms with Gasteiger partial charge in [-0.05, 0) is 13.3 Å². The molecule has 20 heavy (non-hydrogen) atoms. The lowest BCUT2D eigenvalue weighted by Gasteiger charge is -2.13. The SMILES string of the molecule is CCC(CO)NC(=O)CCc1oc(C(C)(C)C)nc1C. The van der Waals surface area contributed by atoms with Gasteiger partial charge in [0.05, 0.1) is 18.3 Å². The molecule has 1 heterocycles. The number of carbonyl (C=O) groups is 1. The number of oxazole rings is 1. The Kier molecular flexibility index (Phi) is 5.74. The molecule has 0 saturated heterocycles. The van der Waals surface area contributed by atoms with E-state index in [0.717, 1.165) is 17.9 Å². The van der Waals surface area contributed by atoms with Gasteiger partial charge in [0.15, 0.2) is 5.89 Å². The maximum absolute atomic E-state index is 11.8. The highest BCUT2D eigenvalue weighted by Gasteiger charge is 2.22. The van der Waals surface area contributed by atoms with E-state index < -0.39 is 0 Å². The van der Waals surface area contributed by atoms with Gasteiger partial charge in [0.1, 0.15) is 5.76 Å². The van der Waals surface area contributed by atoms with Crippen LogP contribution in [0.5, 0.6) is 0 Å². The average Bonchev–Trinajstić information content (AvgIpc) is 2.75. The fourth-order valence-corrected chi connectivity index (χ4v) is 1.78. The largest absolute Gasteiger partial charge is 0.445 e. The van der Waals surface area contributed by atoms with Crippen molar-refractivity contribution in [1.82, 2.24) is 10.3 Å². The number of aromatic nitrogens is 1. The molecule has 0 aliphatic rings. The summed E-state index contributed by atoms with van der Waals surface area (Å²) in [6, 6.07) is -0.163. The molecule has 0 radical (unpaired) electrons. The highest BCUT2D eigenvalue weighted by atomic mass is 16.4. The van der Waals surface area contributed by atoms with Crippen LogP contribution in [0.4, 0.5) is 0 Å². The third-order valence-corrected chi connectivity index (χ3v) is 3.19. The van der Waals surface area contributed by atoms with Gasteiger partial charge in [-0.3, -0.25) is 4.79 Å². The first kappa shape index (κ1) is 16.7. The molecule has 0 aliphatic carbocycles. The standard InChI is InChI=1S/C15H26N2O3/c1-6-11(9-18)17-13(19)8-7-12-10(2)16-14(20-12)15(3,4)5/h11,18H,6-9H2,1-5H3,(H,17,19). The number of nitrogens with one attached hydrogen (secondary N) is 1. The zero-order valence-electron chi connectivity index (χ0n) is 13.1. The first-order chi connectivity index (χ1) is 9.27. The van der Waals surface area contributed by atoms with Crippen LogP contribution in [0.25, 0.3) is 0 Å². The van der Waals surface area contributed by atoms with Crippen molar-refractivity contribution in [2.75, 3.05) is 6.61 Å². The van der Waals surface area contributed by atoms with E-state index in [0.29, 0.717) is 18.7 Å². The first-order valence-electron chi connectivity index (χ1n) is 7.15. The maximum atomic E-state index is 11.8. The number of aliphatic hydroxyl groups excluding tert-OH is 1. The lowest BCUT2D eigenvalue weighted by molar-refractivity contribution is -0.122. The van der Waals surface area contributed by atoms with E-state index in [9.17, 15) is 4.79 Å². The normalized spacial score (nSPS) is 13.3. The second-order valence-corrected chi connectivity index (χ2v) is 6.13. The van der Waals surface area contributed by atoms with Crippen molar-refractivity contribution in [2.45, 2.75) is 65.3 Å². The molecule has 1 aromatic rings. The van der Waals surface area contributed by atoms with E-state index in [-0.39, 0.29) is 24.0 Å². The monoisotopic (exact) mass is 282 g/mol. The zero-order valence-corrected chi connectivity index (χ0v) is 13.1. The summed E-state index contributed by atoms with van der Waals surface area (Å²) >= 11 is 0. The molecule has 114 valence electrons. The summed E-state index contributed by atoms with van der Waals surface area (Å²) in [6.45, 7) is 9.93. The van der Waals surface area contributed by atoms with Crippen molar-refractivity contribution < 1.29 is 14.3 Å². The number of aryl methyl sites for hydroxylation is 2. The van der Waals surface area contributed by atoms with Gasteiger partial charge in [0.2, 0.25) is 5.91 Å². The summed E-state index contributed by atoms with van der Waals surface area (Å²) in [5.41, 5.74) is 0.715. The number of hydrogen-bond acceptors (Lipinski definition) is 4. The topological polar surface area (TPSA) is 75.4 Å². The molecular weight excluding hydrogens is 256 g/mol. The Morgan fingerprint density at radius 1 is 1.45 bits per heavy atom. The second-order valence-electron chi connectivity index (χ2n) is 6.13. The van der Waals surface area contributed by atoms with Crippen LogP contribution in [0.15, 0.2) is 4.42 Å². The number of carbonyl (C=O) groups excluding carboxylic acids is 1. The van der Waals surface area contributed by atoms with Crippen LogP contribution in [0.2, 0.25) is 0 Å². The predicted molar refractivity (Wildman–Crippen MR) is 77.6 cm³/mol. The summed E-state index contributed by atoms with van der Waals surface area (Å²) in [7, 11) is 0. The van der Waals surface area contributed by atoms with Gasteiger partial charge in [0.25, 0.3) is 0 Å². The number of amides is 1. The molecule has 0 fully saturated rings. The molecule has 0 spiro atoms. The van der Waals surface area contributed by atoms with E-state index in [1.807, 2.05) is 34.6 Å². The van der Waals surface area contributed by atoms with Crippen molar-refractivity contribution in [1.29, 1.82) is 0 Å². The molecule has 5 nitrogen and oxygen atoms in total. The highest BCUT2D eigenvalue weighted by molar-refractivity contribution is 5.76. The van der Waals surface area contributed by atoms with E-state index in [1.54, 1.807) is 0 Å². The number of hydrogen-bond donors (Lipinski definition) is 2. The van der Waals surface area contributed by atoms with Crippen LogP contribution >= 0.6 is 0 Å². The van der Waals surface area contributed by atoms with Crippen molar-refractivity contribution >= 4 is 5.91 Å². The average molecular weight is 282 g/mol. The summed E-state index contributed by atoms with van der Waals surface area (Å²) in [4.78, 5) is 16.2. The maximum Gasteiger partial charge on any atom is 0.220 e. The molecule has 0 saturated carbocycles. The zero-order chi connectivity index (χ0) is 15.3. The van der Waals surface area contributed by atoms with Crippen LogP contribution in [0.1, 0.15) is 57.9 Å². The third kappa shape index (κ3) is 4.63. The highest BCUT2D eigenvalue weighted by Crippen LogP contribution is 2.24. The Balaban J connectivity index is 2.58. The van der Waals surface area contributed by atoms with Gasteiger partial charge in [0, 0.05) is 18.3 Å². The van der Waals surface area contributed by atoms with Gasteiger partial charge in [-0.15, -0.1) is 0 Å². The van der Waals surface area contributed by atoms with Crippen LogP contribution in [0.3, 0.4) is 0 Å². The summed E-state index contributed by atoms with van der Waals surface area (Å²) in [6.07, 6.45) is 1.59. The van der Waals surface area contributed by atoms with Crippen LogP contribution in [-0.4, -0.2) is 28.6 Å². The van der Waals surface area contributed by atoms with E-state index in [2.05, 4.69) is 10.3 Å². The van der Waals surface area contributed by atoms with Crippen molar-refractivity contribution in [3.05, 3.63) is 17.3 Å². The number of rotatable bonds is 6. The molecule has 0 aliphatic heterocycles. The van der Waals surface area contributed by atoms with Crippen molar-refractivity contribution in [3.8, 4) is 0 Å². The molecule has 2 N–H and O–H groups in total. The van der Waals surface area contributed by atoms with Crippen molar-refractivity contribution in [3.63, 3.8) is 0 Å². The van der Waals surface area contributed by atoms with E-state index in [1.165, 1.54) is 0 Å². The van der Waals surface area contributed by atoms with Gasteiger partial charge in [-0.1, -0.05) is 27.7 Å². The van der Waals surface area contributed by atoms with Crippen LogP contribution < -0.4 is 5.32 Å². The Hall–Kier alpha value is -1.36. The summed E-state index contributed by atoms with van der Waals surface area (Å²) < 4.78 is 5.75. The fraction of sp³-hybridized carbons (Fsp3) is 0.733. The minimum atomic E-state index is -0.163. The minimum absolute atomic E-state index is 0.0300. The molecular formula is C15H26N2O3. The molecule has 1 unspecified atom stereocenters. The fourth-order valence-electron chi connectivity index (χ4n) is 1.78. The van der Waals surface area contributed by atoms with Crippen LogP contribution in [0, 0.1) is 6.92 Å². The molecule has 1 rings (SSSR count). The smallest absolute Gasteiger partial charge is 0.220 e. The van der Waals surface area contributed by atoms with Gasteiger partial charge in [-0.25, -0.2) is 4.98 Å². The number of nitrogens with zero attached hydrogens (tertiary/aromatic N) is 1. The van der Waals surface area contributed by atoms with Crippen LogP contribution in [-0.2, 0) is 16.6 Å². The quantitative estimate of drug-likeness (QED) is 0.838. The first-order valence-corrected chi connectivity index (χ1v) is 7.15. The molecule has 5 heteroatoms. The minimum Gasteiger partial charge on any atom is -0.445 e. The van der Waals surface area contributed by atoms with Gasteiger partial charge in [-0.2, -0.15) is 0 Å². The molecule has 0 bridgehead atoms. The Labute approximate surface area is 120 Å². The van der Waals surface area contributed by atoms with Gasteiger partial charge >= 0.3 is 0 Å². The third-order valence-electron chi connectivity index (χ3n) is 3.19. The predicted octanol–water partition coefficient (Wildman–Crippen LogP) is 2.10. The Morgan fingerprint density at radius 3 is 2.55 bits per heavy atom. The summed E-state index contributed by atoms with van der Waals surface area (Å²) in [5.74, 6) is 1.40. The van der Waals surface area contributed by atoms with E-state index in [4.69, 9.17) is 9.52 Å². The van der Waals surface area contributed by atoms with Gasteiger partial charge < -0.3 is 14.8 Å². The second kappa shape index (κ2) is 6.88.